The summed E-state index contributed by atoms with van der Waals surface area (Å²) in [6.45, 7) is 0.385. The molecule has 1 atom stereocenters. The lowest BCUT2D eigenvalue weighted by Crippen LogP contribution is -2.43. The molecule has 0 bridgehead atoms. The number of anilines is 1. The van der Waals surface area contributed by atoms with Gasteiger partial charge in [-0.1, -0.05) is 30.3 Å². The molecule has 3 aromatic carbocycles. The SMILES string of the molecule is COc1ccc(OC)c(S(=O)(=O)N2CCC[C@H](C(=O)Nc3ccccc3Oc3ccccc3)C2)c1. The smallest absolute Gasteiger partial charge is 0.246 e. The van der Waals surface area contributed by atoms with Crippen LogP contribution in [0.2, 0.25) is 0 Å². The van der Waals surface area contributed by atoms with Crippen LogP contribution in [0.1, 0.15) is 12.8 Å². The highest BCUT2D eigenvalue weighted by Crippen LogP contribution is 2.34. The number of ether oxygens (including phenoxy) is 3. The third-order valence-electron chi connectivity index (χ3n) is 5.86. The molecular formula is C26H28N2O6S. The highest BCUT2D eigenvalue weighted by Gasteiger charge is 2.35. The minimum absolute atomic E-state index is 0.0158. The Labute approximate surface area is 205 Å². The number of piperidine rings is 1. The van der Waals surface area contributed by atoms with Crippen molar-refractivity contribution in [2.75, 3.05) is 32.6 Å². The first-order chi connectivity index (χ1) is 16.9. The van der Waals surface area contributed by atoms with Crippen LogP contribution in [0.3, 0.4) is 0 Å². The van der Waals surface area contributed by atoms with E-state index in [-0.39, 0.29) is 23.1 Å². The summed E-state index contributed by atoms with van der Waals surface area (Å²) in [5, 5.41) is 2.92. The van der Waals surface area contributed by atoms with Crippen molar-refractivity contribution >= 4 is 21.6 Å². The highest BCUT2D eigenvalue weighted by atomic mass is 32.2. The van der Waals surface area contributed by atoms with E-state index in [4.69, 9.17) is 14.2 Å². The Bertz CT molecular complexity index is 1280. The monoisotopic (exact) mass is 496 g/mol. The van der Waals surface area contributed by atoms with E-state index in [0.29, 0.717) is 42.3 Å². The van der Waals surface area contributed by atoms with Gasteiger partial charge in [0, 0.05) is 19.2 Å². The van der Waals surface area contributed by atoms with E-state index < -0.39 is 15.9 Å². The van der Waals surface area contributed by atoms with Crippen LogP contribution in [-0.4, -0.2) is 45.9 Å². The van der Waals surface area contributed by atoms with Crippen LogP contribution >= 0.6 is 0 Å². The van der Waals surface area contributed by atoms with Crippen molar-refractivity contribution in [2.24, 2.45) is 5.92 Å². The standard InChI is InChI=1S/C26H28N2O6S/c1-32-21-14-15-24(33-2)25(17-21)35(30,31)28-16-8-9-19(18-28)26(29)27-22-12-6-7-13-23(22)34-20-10-4-3-5-11-20/h3-7,10-15,17,19H,8-9,16,18H2,1-2H3,(H,27,29)/t19-/m0/s1. The largest absolute Gasteiger partial charge is 0.497 e. The van der Waals surface area contributed by atoms with Crippen LogP contribution in [0, 0.1) is 5.92 Å². The number of nitrogens with one attached hydrogen (secondary N) is 1. The van der Waals surface area contributed by atoms with Gasteiger partial charge in [-0.2, -0.15) is 4.31 Å². The zero-order chi connectivity index (χ0) is 24.8. The normalized spacial score (nSPS) is 16.3. The van der Waals surface area contributed by atoms with Crippen molar-refractivity contribution in [3.8, 4) is 23.0 Å². The quantitative estimate of drug-likeness (QED) is 0.492. The molecule has 4 rings (SSSR count). The number of hydrogen-bond donors (Lipinski definition) is 1. The molecule has 184 valence electrons. The molecule has 1 heterocycles. The van der Waals surface area contributed by atoms with Gasteiger partial charge >= 0.3 is 0 Å². The molecule has 1 N–H and O–H groups in total. The summed E-state index contributed by atoms with van der Waals surface area (Å²) in [5.41, 5.74) is 0.524. The van der Waals surface area contributed by atoms with E-state index in [1.165, 1.54) is 24.6 Å². The average Bonchev–Trinajstić information content (AvgIpc) is 2.90. The van der Waals surface area contributed by atoms with Crippen LogP contribution < -0.4 is 19.5 Å². The van der Waals surface area contributed by atoms with Gasteiger partial charge in [-0.05, 0) is 49.2 Å². The first-order valence-electron chi connectivity index (χ1n) is 11.3. The average molecular weight is 497 g/mol. The first-order valence-corrected chi connectivity index (χ1v) is 12.7. The molecule has 1 amide bonds. The van der Waals surface area contributed by atoms with Gasteiger partial charge in [0.25, 0.3) is 0 Å². The molecule has 1 aliphatic heterocycles. The van der Waals surface area contributed by atoms with Crippen LogP contribution in [0.4, 0.5) is 5.69 Å². The van der Waals surface area contributed by atoms with E-state index in [0.717, 1.165) is 0 Å². The minimum atomic E-state index is -3.90. The number of nitrogens with zero attached hydrogens (tertiary/aromatic N) is 1. The molecule has 0 aliphatic carbocycles. The fourth-order valence-electron chi connectivity index (χ4n) is 4.01. The number of rotatable bonds is 8. The van der Waals surface area contributed by atoms with Crippen LogP contribution in [0.25, 0.3) is 0 Å². The van der Waals surface area contributed by atoms with Gasteiger partial charge < -0.3 is 19.5 Å². The summed E-state index contributed by atoms with van der Waals surface area (Å²) < 4.78 is 44.7. The summed E-state index contributed by atoms with van der Waals surface area (Å²) >= 11 is 0. The molecule has 0 unspecified atom stereocenters. The molecule has 1 fully saturated rings. The molecular weight excluding hydrogens is 468 g/mol. The number of hydrogen-bond acceptors (Lipinski definition) is 6. The lowest BCUT2D eigenvalue weighted by atomic mass is 9.98. The highest BCUT2D eigenvalue weighted by molar-refractivity contribution is 7.89. The maximum atomic E-state index is 13.5. The van der Waals surface area contributed by atoms with Gasteiger partial charge in [0.1, 0.15) is 22.1 Å². The molecule has 3 aromatic rings. The molecule has 1 aliphatic rings. The fourth-order valence-corrected chi connectivity index (χ4v) is 5.70. The van der Waals surface area contributed by atoms with E-state index in [2.05, 4.69) is 5.32 Å². The van der Waals surface area contributed by atoms with Crippen molar-refractivity contribution in [2.45, 2.75) is 17.7 Å². The minimum Gasteiger partial charge on any atom is -0.497 e. The topological polar surface area (TPSA) is 94.2 Å². The summed E-state index contributed by atoms with van der Waals surface area (Å²) in [4.78, 5) is 13.2. The zero-order valence-corrected chi connectivity index (χ0v) is 20.5. The fraction of sp³-hybridized carbons (Fsp3) is 0.269. The molecule has 8 nitrogen and oxygen atoms in total. The Balaban J connectivity index is 1.51. The van der Waals surface area contributed by atoms with Crippen LogP contribution in [-0.2, 0) is 14.8 Å². The predicted octanol–water partition coefficient (Wildman–Crippen LogP) is 4.54. The van der Waals surface area contributed by atoms with Crippen molar-refractivity contribution in [3.63, 3.8) is 0 Å². The van der Waals surface area contributed by atoms with Gasteiger partial charge in [0.2, 0.25) is 15.9 Å². The molecule has 0 spiro atoms. The third-order valence-corrected chi connectivity index (χ3v) is 7.75. The lowest BCUT2D eigenvalue weighted by Gasteiger charge is -2.31. The van der Waals surface area contributed by atoms with Gasteiger partial charge in [0.05, 0.1) is 25.8 Å². The Morgan fingerprint density at radius 2 is 1.66 bits per heavy atom. The number of benzene rings is 3. The lowest BCUT2D eigenvalue weighted by molar-refractivity contribution is -0.120. The van der Waals surface area contributed by atoms with E-state index in [1.807, 2.05) is 36.4 Å². The summed E-state index contributed by atoms with van der Waals surface area (Å²) in [5.74, 6) is 1.02. The number of para-hydroxylation sites is 3. The Morgan fingerprint density at radius 1 is 0.914 bits per heavy atom. The van der Waals surface area contributed by atoms with Crippen molar-refractivity contribution in [3.05, 3.63) is 72.8 Å². The second kappa shape index (κ2) is 10.8. The maximum Gasteiger partial charge on any atom is 0.246 e. The Kier molecular flexibility index (Phi) is 7.57. The van der Waals surface area contributed by atoms with Gasteiger partial charge in [-0.3, -0.25) is 4.79 Å². The second-order valence-corrected chi connectivity index (χ2v) is 10.0. The van der Waals surface area contributed by atoms with Gasteiger partial charge in [-0.15, -0.1) is 0 Å². The summed E-state index contributed by atoms with van der Waals surface area (Å²) in [6, 6.07) is 21.1. The van der Waals surface area contributed by atoms with E-state index >= 15 is 0 Å². The second-order valence-electron chi connectivity index (χ2n) is 8.12. The number of methoxy groups -OCH3 is 2. The van der Waals surface area contributed by atoms with Crippen LogP contribution in [0.15, 0.2) is 77.7 Å². The first kappa shape index (κ1) is 24.6. The zero-order valence-electron chi connectivity index (χ0n) is 19.6. The van der Waals surface area contributed by atoms with Crippen molar-refractivity contribution in [1.82, 2.24) is 4.31 Å². The molecule has 9 heteroatoms. The molecule has 0 aromatic heterocycles. The molecule has 0 saturated carbocycles. The summed E-state index contributed by atoms with van der Waals surface area (Å²) in [6.07, 6.45) is 1.14. The van der Waals surface area contributed by atoms with E-state index in [9.17, 15) is 13.2 Å². The Morgan fingerprint density at radius 3 is 2.40 bits per heavy atom. The van der Waals surface area contributed by atoms with Gasteiger partial charge in [0.15, 0.2) is 5.75 Å². The number of carbonyl (C=O) groups is 1. The molecule has 1 saturated heterocycles. The van der Waals surface area contributed by atoms with Crippen molar-refractivity contribution < 1.29 is 27.4 Å². The Hall–Kier alpha value is -3.56. The molecule has 35 heavy (non-hydrogen) atoms. The number of carbonyl (C=O) groups excluding carboxylic acids is 1. The summed E-state index contributed by atoms with van der Waals surface area (Å²) in [7, 11) is -1.01. The van der Waals surface area contributed by atoms with E-state index in [1.54, 1.807) is 30.3 Å². The third kappa shape index (κ3) is 5.58. The van der Waals surface area contributed by atoms with Gasteiger partial charge in [-0.25, -0.2) is 8.42 Å². The van der Waals surface area contributed by atoms with Crippen LogP contribution in [0.5, 0.6) is 23.0 Å². The number of amides is 1. The molecule has 0 radical (unpaired) electrons. The predicted molar refractivity (Wildman–Crippen MR) is 133 cm³/mol. The van der Waals surface area contributed by atoms with Crippen molar-refractivity contribution in [1.29, 1.82) is 0 Å². The maximum absolute atomic E-state index is 13.5. The number of sulfonamides is 1.